The van der Waals surface area contributed by atoms with Gasteiger partial charge < -0.3 is 5.11 Å². The quantitative estimate of drug-likeness (QED) is 0.553. The van der Waals surface area contributed by atoms with Gasteiger partial charge in [-0.1, -0.05) is 57.9 Å². The number of aromatic carboxylic acids is 1. The van der Waals surface area contributed by atoms with Crippen LogP contribution in [0.3, 0.4) is 0 Å². The van der Waals surface area contributed by atoms with Gasteiger partial charge in [0.1, 0.15) is 0 Å². The number of hydrogen-bond acceptors (Lipinski definition) is 3. The maximum Gasteiger partial charge on any atom is 0.335 e. The van der Waals surface area contributed by atoms with E-state index in [9.17, 15) is 13.2 Å². The summed E-state index contributed by atoms with van der Waals surface area (Å²) in [6, 6.07) is 4.15. The molecule has 0 spiro atoms. The zero-order valence-electron chi connectivity index (χ0n) is 14.7. The predicted molar refractivity (Wildman–Crippen MR) is 95.9 cm³/mol. The van der Waals surface area contributed by atoms with Crippen LogP contribution < -0.4 is 4.72 Å². The first-order valence-corrected chi connectivity index (χ1v) is 10.2. The van der Waals surface area contributed by atoms with E-state index in [-0.39, 0.29) is 10.5 Å². The molecule has 0 aliphatic heterocycles. The molecule has 0 aliphatic carbocycles. The molecule has 0 aromatic heterocycles. The van der Waals surface area contributed by atoms with Crippen LogP contribution >= 0.6 is 0 Å². The van der Waals surface area contributed by atoms with Crippen molar-refractivity contribution in [1.29, 1.82) is 0 Å². The molecule has 24 heavy (non-hydrogen) atoms. The van der Waals surface area contributed by atoms with Crippen LogP contribution in [0.5, 0.6) is 0 Å². The number of aryl methyl sites for hydroxylation is 1. The average molecular weight is 356 g/mol. The second-order valence-corrected chi connectivity index (χ2v) is 7.89. The largest absolute Gasteiger partial charge is 0.478 e. The van der Waals surface area contributed by atoms with E-state index in [1.54, 1.807) is 6.92 Å². The second-order valence-electron chi connectivity index (χ2n) is 6.16. The summed E-state index contributed by atoms with van der Waals surface area (Å²) in [5.74, 6) is -1.13. The van der Waals surface area contributed by atoms with Gasteiger partial charge in [-0.3, -0.25) is 0 Å². The molecule has 1 rings (SSSR count). The summed E-state index contributed by atoms with van der Waals surface area (Å²) in [5.41, 5.74) is 0.525. The van der Waals surface area contributed by atoms with Crippen LogP contribution in [0.25, 0.3) is 0 Å². The van der Waals surface area contributed by atoms with Crippen LogP contribution in [-0.2, 0) is 10.0 Å². The lowest BCUT2D eigenvalue weighted by atomic mass is 10.1. The Morgan fingerprint density at radius 1 is 1.04 bits per heavy atom. The van der Waals surface area contributed by atoms with E-state index in [1.807, 2.05) is 0 Å². The molecule has 0 amide bonds. The molecule has 0 fully saturated rings. The molecule has 0 atom stereocenters. The Hall–Kier alpha value is -1.40. The maximum atomic E-state index is 12.3. The molecule has 1 aromatic rings. The maximum absolute atomic E-state index is 12.3. The normalized spacial score (nSPS) is 11.6. The minimum absolute atomic E-state index is 0.0203. The van der Waals surface area contributed by atoms with E-state index in [0.717, 1.165) is 19.3 Å². The zero-order chi connectivity index (χ0) is 18.0. The Balaban J connectivity index is 2.42. The molecule has 0 unspecified atom stereocenters. The zero-order valence-corrected chi connectivity index (χ0v) is 15.5. The van der Waals surface area contributed by atoms with Gasteiger partial charge in [0.2, 0.25) is 10.0 Å². The Bertz CT molecular complexity index is 626. The highest BCUT2D eigenvalue weighted by atomic mass is 32.2. The van der Waals surface area contributed by atoms with Gasteiger partial charge in [-0.2, -0.15) is 0 Å². The Labute approximate surface area is 145 Å². The summed E-state index contributed by atoms with van der Waals surface area (Å²) in [6.45, 7) is 4.24. The van der Waals surface area contributed by atoms with E-state index in [4.69, 9.17) is 5.11 Å². The summed E-state index contributed by atoms with van der Waals surface area (Å²) in [4.78, 5) is 11.0. The highest BCUT2D eigenvalue weighted by Gasteiger charge is 2.18. The predicted octanol–water partition coefficient (Wildman–Crippen LogP) is 4.11. The summed E-state index contributed by atoms with van der Waals surface area (Å²) < 4.78 is 27.2. The SMILES string of the molecule is CCCCCCCCCCNS(=O)(=O)c1cc(C(=O)O)ccc1C. The molecule has 2 N–H and O–H groups in total. The monoisotopic (exact) mass is 355 g/mol. The molecule has 0 heterocycles. The standard InChI is InChI=1S/C18H29NO4S/c1-3-4-5-6-7-8-9-10-13-19-24(22,23)17-14-16(18(20)21)12-11-15(17)2/h11-12,14,19H,3-10,13H2,1-2H3,(H,20,21). The van der Waals surface area contributed by atoms with Crippen molar-refractivity contribution >= 4 is 16.0 Å². The molecule has 0 radical (unpaired) electrons. The molecular weight excluding hydrogens is 326 g/mol. The first-order valence-electron chi connectivity index (χ1n) is 8.72. The van der Waals surface area contributed by atoms with E-state index in [0.29, 0.717) is 12.1 Å². The topological polar surface area (TPSA) is 83.5 Å². The Morgan fingerprint density at radius 3 is 2.21 bits per heavy atom. The van der Waals surface area contributed by atoms with Crippen molar-refractivity contribution in [1.82, 2.24) is 4.72 Å². The van der Waals surface area contributed by atoms with Crippen LogP contribution in [0.2, 0.25) is 0 Å². The van der Waals surface area contributed by atoms with Crippen molar-refractivity contribution in [3.05, 3.63) is 29.3 Å². The number of carboxylic acid groups (broad SMARTS) is 1. The number of nitrogens with one attached hydrogen (secondary N) is 1. The van der Waals surface area contributed by atoms with E-state index >= 15 is 0 Å². The third-order valence-corrected chi connectivity index (χ3v) is 5.65. The van der Waals surface area contributed by atoms with Crippen molar-refractivity contribution < 1.29 is 18.3 Å². The number of benzene rings is 1. The summed E-state index contributed by atoms with van der Waals surface area (Å²) in [5, 5.41) is 9.00. The molecule has 136 valence electrons. The molecule has 0 saturated carbocycles. The average Bonchev–Trinajstić information content (AvgIpc) is 2.53. The van der Waals surface area contributed by atoms with Crippen LogP contribution in [0, 0.1) is 6.92 Å². The van der Waals surface area contributed by atoms with Gasteiger partial charge in [0, 0.05) is 6.54 Å². The highest BCUT2D eigenvalue weighted by molar-refractivity contribution is 7.89. The van der Waals surface area contributed by atoms with Gasteiger partial charge in [-0.15, -0.1) is 0 Å². The van der Waals surface area contributed by atoms with Gasteiger partial charge in [-0.05, 0) is 31.0 Å². The lowest BCUT2D eigenvalue weighted by Crippen LogP contribution is -2.25. The Morgan fingerprint density at radius 2 is 1.62 bits per heavy atom. The first kappa shape index (κ1) is 20.6. The fourth-order valence-electron chi connectivity index (χ4n) is 2.57. The van der Waals surface area contributed by atoms with Crippen LogP contribution in [0.15, 0.2) is 23.1 Å². The molecule has 6 heteroatoms. The molecule has 0 bridgehead atoms. The van der Waals surface area contributed by atoms with Gasteiger partial charge in [0.15, 0.2) is 0 Å². The fourth-order valence-corrected chi connectivity index (χ4v) is 3.91. The van der Waals surface area contributed by atoms with E-state index in [1.165, 1.54) is 50.3 Å². The third-order valence-electron chi connectivity index (χ3n) is 4.05. The number of hydrogen-bond donors (Lipinski definition) is 2. The van der Waals surface area contributed by atoms with Gasteiger partial charge >= 0.3 is 5.97 Å². The third kappa shape index (κ3) is 7.01. The molecule has 5 nitrogen and oxygen atoms in total. The molecule has 1 aromatic carbocycles. The number of carboxylic acids is 1. The number of unbranched alkanes of at least 4 members (excludes halogenated alkanes) is 7. The van der Waals surface area contributed by atoms with Crippen LogP contribution in [0.1, 0.15) is 74.2 Å². The van der Waals surface area contributed by atoms with Gasteiger partial charge in [-0.25, -0.2) is 17.9 Å². The molecular formula is C18H29NO4S. The summed E-state index contributed by atoms with van der Waals surface area (Å²) in [6.07, 6.45) is 9.18. The minimum Gasteiger partial charge on any atom is -0.478 e. The minimum atomic E-state index is -3.67. The van der Waals surface area contributed by atoms with Crippen molar-refractivity contribution in [3.8, 4) is 0 Å². The summed E-state index contributed by atoms with van der Waals surface area (Å²) >= 11 is 0. The van der Waals surface area contributed by atoms with Crippen molar-refractivity contribution in [3.63, 3.8) is 0 Å². The lowest BCUT2D eigenvalue weighted by molar-refractivity contribution is 0.0696. The number of rotatable bonds is 12. The first-order chi connectivity index (χ1) is 11.4. The number of sulfonamides is 1. The van der Waals surface area contributed by atoms with Crippen molar-refractivity contribution in [2.75, 3.05) is 6.54 Å². The Kier molecular flexibility index (Phi) is 9.00. The second kappa shape index (κ2) is 10.5. The number of carbonyl (C=O) groups is 1. The highest BCUT2D eigenvalue weighted by Crippen LogP contribution is 2.17. The van der Waals surface area contributed by atoms with E-state index in [2.05, 4.69) is 11.6 Å². The van der Waals surface area contributed by atoms with Gasteiger partial charge in [0.05, 0.1) is 10.5 Å². The van der Waals surface area contributed by atoms with Gasteiger partial charge in [0.25, 0.3) is 0 Å². The fraction of sp³-hybridized carbons (Fsp3) is 0.611. The smallest absolute Gasteiger partial charge is 0.335 e. The van der Waals surface area contributed by atoms with E-state index < -0.39 is 16.0 Å². The summed E-state index contributed by atoms with van der Waals surface area (Å²) in [7, 11) is -3.67. The van der Waals surface area contributed by atoms with Crippen LogP contribution in [-0.4, -0.2) is 26.0 Å². The molecule has 0 saturated heterocycles. The molecule has 0 aliphatic rings. The van der Waals surface area contributed by atoms with Crippen molar-refractivity contribution in [2.45, 2.75) is 70.1 Å². The lowest BCUT2D eigenvalue weighted by Gasteiger charge is -2.10. The van der Waals surface area contributed by atoms with Crippen LogP contribution in [0.4, 0.5) is 0 Å². The van der Waals surface area contributed by atoms with Crippen molar-refractivity contribution in [2.24, 2.45) is 0 Å².